The van der Waals surface area contributed by atoms with E-state index < -0.39 is 0 Å². The molecule has 0 bridgehead atoms. The first-order chi connectivity index (χ1) is 9.11. The molecule has 2 nitrogen and oxygen atoms in total. The molecule has 2 N–H and O–H groups in total. The first kappa shape index (κ1) is 13.8. The van der Waals surface area contributed by atoms with Crippen LogP contribution >= 0.6 is 11.6 Å². The number of rotatable bonds is 4. The lowest BCUT2D eigenvalue weighted by Gasteiger charge is -2.13. The van der Waals surface area contributed by atoms with Crippen LogP contribution in [0.3, 0.4) is 0 Å². The van der Waals surface area contributed by atoms with Crippen LogP contribution < -0.4 is 10.5 Å². The molecular weight excluding hydrogens is 265 g/mol. The van der Waals surface area contributed by atoms with Gasteiger partial charge in [-0.1, -0.05) is 23.7 Å². The van der Waals surface area contributed by atoms with E-state index in [1.54, 1.807) is 24.3 Å². The van der Waals surface area contributed by atoms with Crippen LogP contribution in [0.1, 0.15) is 11.1 Å². The Hall–Kier alpha value is -1.58. The van der Waals surface area contributed by atoms with Gasteiger partial charge >= 0.3 is 0 Å². The maximum absolute atomic E-state index is 13.9. The average Bonchev–Trinajstić information content (AvgIpc) is 2.36. The molecule has 0 fully saturated rings. The van der Waals surface area contributed by atoms with Gasteiger partial charge in [0, 0.05) is 5.02 Å². The lowest BCUT2D eigenvalue weighted by atomic mass is 10.1. The van der Waals surface area contributed by atoms with Crippen molar-refractivity contribution in [3.63, 3.8) is 0 Å². The van der Waals surface area contributed by atoms with Crippen molar-refractivity contribution in [2.75, 3.05) is 6.54 Å². The number of ether oxygens (including phenoxy) is 1. The fraction of sp³-hybridized carbons (Fsp3) is 0.200. The SMILES string of the molecule is Cc1cc(Cl)ccc1Oc1c(F)cccc1CCN. The second kappa shape index (κ2) is 6.04. The lowest BCUT2D eigenvalue weighted by Crippen LogP contribution is -2.05. The molecule has 4 heteroatoms. The summed E-state index contributed by atoms with van der Waals surface area (Å²) in [5.74, 6) is 0.437. The first-order valence-corrected chi connectivity index (χ1v) is 6.41. The van der Waals surface area contributed by atoms with Crippen LogP contribution in [0.2, 0.25) is 5.02 Å². The van der Waals surface area contributed by atoms with Crippen molar-refractivity contribution < 1.29 is 9.13 Å². The van der Waals surface area contributed by atoms with Crippen LogP contribution in [0.15, 0.2) is 36.4 Å². The minimum absolute atomic E-state index is 0.235. The molecule has 0 aromatic heterocycles. The summed E-state index contributed by atoms with van der Waals surface area (Å²) in [6.07, 6.45) is 0.569. The molecule has 0 saturated carbocycles. The van der Waals surface area contributed by atoms with E-state index in [2.05, 4.69) is 0 Å². The molecule has 0 heterocycles. The number of hydrogen-bond acceptors (Lipinski definition) is 2. The summed E-state index contributed by atoms with van der Waals surface area (Å²) < 4.78 is 19.6. The topological polar surface area (TPSA) is 35.2 Å². The van der Waals surface area contributed by atoms with Crippen LogP contribution in [0.25, 0.3) is 0 Å². The highest BCUT2D eigenvalue weighted by Gasteiger charge is 2.11. The summed E-state index contributed by atoms with van der Waals surface area (Å²) in [5.41, 5.74) is 7.14. The molecule has 19 heavy (non-hydrogen) atoms. The molecule has 0 spiro atoms. The van der Waals surface area contributed by atoms with Crippen LogP contribution in [0, 0.1) is 12.7 Å². The standard InChI is InChI=1S/C15H15ClFNO/c1-10-9-12(16)5-6-14(10)19-15-11(7-8-18)3-2-4-13(15)17/h2-6,9H,7-8,18H2,1H3. The summed E-state index contributed by atoms with van der Waals surface area (Å²) >= 11 is 5.89. The predicted octanol–water partition coefficient (Wildman–Crippen LogP) is 4.08. The van der Waals surface area contributed by atoms with Crippen LogP contribution in [-0.2, 0) is 6.42 Å². The van der Waals surface area contributed by atoms with Gasteiger partial charge in [-0.15, -0.1) is 0 Å². The van der Waals surface area contributed by atoms with E-state index in [4.69, 9.17) is 22.1 Å². The summed E-state index contributed by atoms with van der Waals surface area (Å²) in [5, 5.41) is 0.626. The molecule has 0 saturated heterocycles. The van der Waals surface area contributed by atoms with Gasteiger partial charge in [-0.25, -0.2) is 4.39 Å². The molecule has 2 aromatic carbocycles. The monoisotopic (exact) mass is 279 g/mol. The van der Waals surface area contributed by atoms with Crippen molar-refractivity contribution >= 4 is 11.6 Å². The predicted molar refractivity (Wildman–Crippen MR) is 75.4 cm³/mol. The van der Waals surface area contributed by atoms with Gasteiger partial charge < -0.3 is 10.5 Å². The summed E-state index contributed by atoms with van der Waals surface area (Å²) in [6.45, 7) is 2.31. The summed E-state index contributed by atoms with van der Waals surface area (Å²) in [6, 6.07) is 10.1. The molecule has 0 unspecified atom stereocenters. The minimum atomic E-state index is -0.389. The maximum atomic E-state index is 13.9. The third kappa shape index (κ3) is 3.25. The molecule has 2 aromatic rings. The fourth-order valence-corrected chi connectivity index (χ4v) is 2.08. The minimum Gasteiger partial charge on any atom is -0.454 e. The Balaban J connectivity index is 2.37. The van der Waals surface area contributed by atoms with Gasteiger partial charge in [0.15, 0.2) is 11.6 Å². The number of benzene rings is 2. The molecule has 0 aliphatic rings. The number of para-hydroxylation sites is 1. The van der Waals surface area contributed by atoms with Crippen molar-refractivity contribution in [1.29, 1.82) is 0 Å². The van der Waals surface area contributed by atoms with Crippen molar-refractivity contribution in [2.24, 2.45) is 5.73 Å². The Morgan fingerprint density at radius 3 is 2.74 bits per heavy atom. The molecule has 0 amide bonds. The van der Waals surface area contributed by atoms with E-state index in [1.165, 1.54) is 6.07 Å². The van der Waals surface area contributed by atoms with E-state index in [-0.39, 0.29) is 11.6 Å². The molecular formula is C15H15ClFNO. The number of hydrogen-bond donors (Lipinski definition) is 1. The number of aryl methyl sites for hydroxylation is 1. The number of nitrogens with two attached hydrogens (primary N) is 1. The normalized spacial score (nSPS) is 10.5. The van der Waals surface area contributed by atoms with Gasteiger partial charge in [0.1, 0.15) is 5.75 Å². The van der Waals surface area contributed by atoms with E-state index in [9.17, 15) is 4.39 Å². The third-order valence-electron chi connectivity index (χ3n) is 2.81. The second-order valence-electron chi connectivity index (χ2n) is 4.28. The Labute approximate surface area is 117 Å². The molecule has 0 aliphatic heterocycles. The van der Waals surface area contributed by atoms with Crippen molar-refractivity contribution in [1.82, 2.24) is 0 Å². The van der Waals surface area contributed by atoms with Gasteiger partial charge in [0.2, 0.25) is 0 Å². The Morgan fingerprint density at radius 1 is 1.26 bits per heavy atom. The highest BCUT2D eigenvalue weighted by atomic mass is 35.5. The van der Waals surface area contributed by atoms with E-state index >= 15 is 0 Å². The summed E-state index contributed by atoms with van der Waals surface area (Å²) in [4.78, 5) is 0. The van der Waals surface area contributed by atoms with Crippen LogP contribution in [0.5, 0.6) is 11.5 Å². The Bertz CT molecular complexity index is 586. The van der Waals surface area contributed by atoms with Crippen molar-refractivity contribution in [3.05, 3.63) is 58.4 Å². The Kier molecular flexibility index (Phi) is 4.40. The van der Waals surface area contributed by atoms with Gasteiger partial charge in [-0.3, -0.25) is 0 Å². The second-order valence-corrected chi connectivity index (χ2v) is 4.72. The van der Waals surface area contributed by atoms with Crippen molar-refractivity contribution in [3.8, 4) is 11.5 Å². The van der Waals surface area contributed by atoms with Crippen LogP contribution in [0.4, 0.5) is 4.39 Å². The van der Waals surface area contributed by atoms with E-state index in [1.807, 2.05) is 13.0 Å². The van der Waals surface area contributed by atoms with Crippen molar-refractivity contribution in [2.45, 2.75) is 13.3 Å². The molecule has 0 aliphatic carbocycles. The van der Waals surface area contributed by atoms with E-state index in [0.717, 1.165) is 11.1 Å². The van der Waals surface area contributed by atoms with Gasteiger partial charge in [0.25, 0.3) is 0 Å². The fourth-order valence-electron chi connectivity index (χ4n) is 1.86. The van der Waals surface area contributed by atoms with Gasteiger partial charge in [-0.05, 0) is 55.3 Å². The highest BCUT2D eigenvalue weighted by Crippen LogP contribution is 2.31. The maximum Gasteiger partial charge on any atom is 0.166 e. The van der Waals surface area contributed by atoms with Gasteiger partial charge in [-0.2, -0.15) is 0 Å². The zero-order valence-electron chi connectivity index (χ0n) is 10.6. The number of halogens is 2. The molecule has 2 rings (SSSR count). The summed E-state index contributed by atoms with van der Waals surface area (Å²) in [7, 11) is 0. The molecule has 0 atom stereocenters. The average molecular weight is 280 g/mol. The van der Waals surface area contributed by atoms with Gasteiger partial charge in [0.05, 0.1) is 0 Å². The zero-order valence-corrected chi connectivity index (χ0v) is 11.4. The quantitative estimate of drug-likeness (QED) is 0.915. The smallest absolute Gasteiger partial charge is 0.166 e. The zero-order chi connectivity index (χ0) is 13.8. The molecule has 0 radical (unpaired) electrons. The largest absolute Gasteiger partial charge is 0.454 e. The Morgan fingerprint density at radius 2 is 2.05 bits per heavy atom. The first-order valence-electron chi connectivity index (χ1n) is 6.03. The lowest BCUT2D eigenvalue weighted by molar-refractivity contribution is 0.433. The highest BCUT2D eigenvalue weighted by molar-refractivity contribution is 6.30. The van der Waals surface area contributed by atoms with E-state index in [0.29, 0.717) is 23.7 Å². The third-order valence-corrected chi connectivity index (χ3v) is 3.05. The van der Waals surface area contributed by atoms with Crippen LogP contribution in [-0.4, -0.2) is 6.54 Å². The molecule has 100 valence electrons.